The normalized spacial score (nSPS) is 10.7. The van der Waals surface area contributed by atoms with Crippen molar-refractivity contribution in [3.05, 3.63) is 71.4 Å². The van der Waals surface area contributed by atoms with Crippen LogP contribution in [-0.4, -0.2) is 19.9 Å². The number of nitrogen functional groups attached to an aromatic ring is 1. The van der Waals surface area contributed by atoms with Crippen LogP contribution in [-0.2, 0) is 0 Å². The highest BCUT2D eigenvalue weighted by Gasteiger charge is 2.19. The number of nitrogens with zero attached hydrogens (tertiary/aromatic N) is 3. The van der Waals surface area contributed by atoms with Crippen molar-refractivity contribution in [2.45, 2.75) is 0 Å². The lowest BCUT2D eigenvalue weighted by molar-refractivity contribution is 0.586. The second kappa shape index (κ2) is 6.04. The molecule has 3 aromatic heterocycles. The fraction of sp³-hybridized carbons (Fsp3) is 0. The number of aromatic amines is 1. The van der Waals surface area contributed by atoms with Gasteiger partial charge in [0.05, 0.1) is 6.20 Å². The lowest BCUT2D eigenvalue weighted by Crippen LogP contribution is -2.14. The Morgan fingerprint density at radius 1 is 1.00 bits per heavy atom. The third-order valence-electron chi connectivity index (χ3n) is 3.66. The molecule has 0 aliphatic carbocycles. The second-order valence-electron chi connectivity index (χ2n) is 5.31. The van der Waals surface area contributed by atoms with E-state index >= 15 is 0 Å². The fourth-order valence-corrected chi connectivity index (χ4v) is 2.44. The van der Waals surface area contributed by atoms with Gasteiger partial charge in [0.15, 0.2) is 11.6 Å². The number of hydrogen-bond acceptors (Lipinski definition) is 6. The van der Waals surface area contributed by atoms with Crippen LogP contribution in [0.5, 0.6) is 0 Å². The van der Waals surface area contributed by atoms with Crippen LogP contribution >= 0.6 is 0 Å². The second-order valence-corrected chi connectivity index (χ2v) is 5.31. The summed E-state index contributed by atoms with van der Waals surface area (Å²) in [6.45, 7) is 0. The van der Waals surface area contributed by atoms with Crippen molar-refractivity contribution in [1.29, 1.82) is 0 Å². The minimum absolute atomic E-state index is 0.1000. The van der Waals surface area contributed by atoms with Gasteiger partial charge in [0.25, 0.3) is 5.56 Å². The molecule has 4 aromatic rings. The van der Waals surface area contributed by atoms with Crippen molar-refractivity contribution in [3.8, 4) is 34.2 Å². The van der Waals surface area contributed by atoms with Gasteiger partial charge in [0, 0.05) is 23.5 Å². The summed E-state index contributed by atoms with van der Waals surface area (Å²) in [4.78, 5) is 27.0. The molecule has 7 heteroatoms. The largest absolute Gasteiger partial charge is 0.434 e. The van der Waals surface area contributed by atoms with E-state index in [0.29, 0.717) is 23.0 Å². The molecule has 7 nitrogen and oxygen atoms in total. The van der Waals surface area contributed by atoms with Crippen molar-refractivity contribution in [1.82, 2.24) is 19.9 Å². The van der Waals surface area contributed by atoms with Crippen LogP contribution in [0.1, 0.15) is 0 Å². The number of aromatic nitrogens is 4. The van der Waals surface area contributed by atoms with Crippen LogP contribution in [0.2, 0.25) is 0 Å². The van der Waals surface area contributed by atoms with Crippen LogP contribution in [0.15, 0.2) is 70.3 Å². The van der Waals surface area contributed by atoms with Gasteiger partial charge in [-0.15, -0.1) is 0 Å². The molecule has 3 heterocycles. The quantitative estimate of drug-likeness (QED) is 0.597. The van der Waals surface area contributed by atoms with Crippen LogP contribution in [0.4, 0.5) is 5.82 Å². The van der Waals surface area contributed by atoms with E-state index in [1.54, 1.807) is 12.4 Å². The third-order valence-corrected chi connectivity index (χ3v) is 3.66. The lowest BCUT2D eigenvalue weighted by Gasteiger charge is -2.01. The molecule has 25 heavy (non-hydrogen) atoms. The molecular formula is C18H13N5O2. The van der Waals surface area contributed by atoms with E-state index in [4.69, 9.17) is 10.2 Å². The van der Waals surface area contributed by atoms with E-state index in [9.17, 15) is 4.79 Å². The first-order valence-corrected chi connectivity index (χ1v) is 7.54. The zero-order valence-corrected chi connectivity index (χ0v) is 13.0. The van der Waals surface area contributed by atoms with E-state index in [-0.39, 0.29) is 5.82 Å². The maximum absolute atomic E-state index is 11.8. The van der Waals surface area contributed by atoms with E-state index in [2.05, 4.69) is 19.9 Å². The summed E-state index contributed by atoms with van der Waals surface area (Å²) in [5.74, 6) is 0.756. The summed E-state index contributed by atoms with van der Waals surface area (Å²) in [5, 5.41) is 0. The van der Waals surface area contributed by atoms with Gasteiger partial charge < -0.3 is 15.1 Å². The predicted octanol–water partition coefficient (Wildman–Crippen LogP) is 2.74. The van der Waals surface area contributed by atoms with Crippen molar-refractivity contribution < 1.29 is 4.42 Å². The Kier molecular flexibility index (Phi) is 3.59. The molecule has 122 valence electrons. The SMILES string of the molecule is Nc1ncc(-c2oc(-c3ccccc3)nc2-c2ccncc2)[nH]c1=O. The number of H-pyrrole nitrogens is 1. The van der Waals surface area contributed by atoms with Crippen LogP contribution < -0.4 is 11.3 Å². The maximum Gasteiger partial charge on any atom is 0.291 e. The van der Waals surface area contributed by atoms with Gasteiger partial charge in [-0.2, -0.15) is 0 Å². The van der Waals surface area contributed by atoms with E-state index in [1.807, 2.05) is 42.5 Å². The van der Waals surface area contributed by atoms with Crippen molar-refractivity contribution >= 4 is 5.82 Å². The molecule has 0 aliphatic heterocycles. The highest BCUT2D eigenvalue weighted by Crippen LogP contribution is 2.34. The molecule has 4 rings (SSSR count). The van der Waals surface area contributed by atoms with Crippen LogP contribution in [0, 0.1) is 0 Å². The molecule has 0 unspecified atom stereocenters. The monoisotopic (exact) mass is 331 g/mol. The Labute approximate surface area is 142 Å². The van der Waals surface area contributed by atoms with Gasteiger partial charge in [0.2, 0.25) is 5.89 Å². The summed E-state index contributed by atoms with van der Waals surface area (Å²) in [6, 6.07) is 13.2. The first-order valence-electron chi connectivity index (χ1n) is 7.54. The molecule has 0 atom stereocenters. The third kappa shape index (κ3) is 2.78. The summed E-state index contributed by atoms with van der Waals surface area (Å²) in [7, 11) is 0. The standard InChI is InChI=1S/C18H13N5O2/c19-16-17(24)22-13(10-21-16)15-14(11-6-8-20-9-7-11)23-18(25-15)12-4-2-1-3-5-12/h1-10H,(H2,19,21)(H,22,24). The molecular weight excluding hydrogens is 318 g/mol. The number of nitrogens with one attached hydrogen (secondary N) is 1. The van der Waals surface area contributed by atoms with E-state index in [1.165, 1.54) is 6.20 Å². The Morgan fingerprint density at radius 2 is 1.76 bits per heavy atom. The zero-order valence-electron chi connectivity index (χ0n) is 13.0. The molecule has 0 amide bonds. The van der Waals surface area contributed by atoms with Gasteiger partial charge in [-0.05, 0) is 24.3 Å². The van der Waals surface area contributed by atoms with Gasteiger partial charge in [-0.25, -0.2) is 9.97 Å². The Balaban J connectivity index is 1.94. The average molecular weight is 331 g/mol. The molecule has 3 N–H and O–H groups in total. The highest BCUT2D eigenvalue weighted by atomic mass is 16.4. The average Bonchev–Trinajstić information content (AvgIpc) is 3.11. The van der Waals surface area contributed by atoms with Gasteiger partial charge >= 0.3 is 0 Å². The van der Waals surface area contributed by atoms with E-state index in [0.717, 1.165) is 11.1 Å². The number of hydrogen-bond donors (Lipinski definition) is 2. The summed E-state index contributed by atoms with van der Waals surface area (Å²) < 4.78 is 5.95. The minimum Gasteiger partial charge on any atom is -0.434 e. The molecule has 0 saturated carbocycles. The maximum atomic E-state index is 11.8. The van der Waals surface area contributed by atoms with Gasteiger partial charge in [-0.3, -0.25) is 9.78 Å². The first kappa shape index (κ1) is 14.8. The van der Waals surface area contributed by atoms with Gasteiger partial charge in [-0.1, -0.05) is 18.2 Å². The number of oxazole rings is 1. The number of benzene rings is 1. The Bertz CT molecular complexity index is 1070. The van der Waals surface area contributed by atoms with Gasteiger partial charge in [0.1, 0.15) is 11.4 Å². The molecule has 0 aliphatic rings. The number of anilines is 1. The Morgan fingerprint density at radius 3 is 2.48 bits per heavy atom. The summed E-state index contributed by atoms with van der Waals surface area (Å²) in [6.07, 6.45) is 4.79. The Hall–Kier alpha value is -3.74. The zero-order chi connectivity index (χ0) is 17.2. The highest BCUT2D eigenvalue weighted by molar-refractivity contribution is 5.77. The van der Waals surface area contributed by atoms with E-state index < -0.39 is 5.56 Å². The lowest BCUT2D eigenvalue weighted by atomic mass is 10.1. The molecule has 0 fully saturated rings. The van der Waals surface area contributed by atoms with Crippen molar-refractivity contribution in [2.75, 3.05) is 5.73 Å². The van der Waals surface area contributed by atoms with Crippen molar-refractivity contribution in [2.24, 2.45) is 0 Å². The van der Waals surface area contributed by atoms with Crippen molar-refractivity contribution in [3.63, 3.8) is 0 Å². The molecule has 0 spiro atoms. The predicted molar refractivity (Wildman–Crippen MR) is 93.4 cm³/mol. The minimum atomic E-state index is -0.476. The molecule has 0 saturated heterocycles. The topological polar surface area (TPSA) is 111 Å². The molecule has 1 aromatic carbocycles. The first-order chi connectivity index (χ1) is 12.2. The smallest absolute Gasteiger partial charge is 0.291 e. The summed E-state index contributed by atoms with van der Waals surface area (Å²) >= 11 is 0. The summed E-state index contributed by atoms with van der Waals surface area (Å²) in [5.41, 5.74) is 7.66. The molecule has 0 bridgehead atoms. The number of nitrogens with two attached hydrogens (primary N) is 1. The van der Waals surface area contributed by atoms with Crippen LogP contribution in [0.25, 0.3) is 34.2 Å². The fourth-order valence-electron chi connectivity index (χ4n) is 2.44. The van der Waals surface area contributed by atoms with Crippen LogP contribution in [0.3, 0.4) is 0 Å². The number of rotatable bonds is 3. The number of pyridine rings is 1. The molecule has 0 radical (unpaired) electrons.